The number of ether oxygens (including phenoxy) is 1. The molecular weight excluding hydrogens is 412 g/mol. The van der Waals surface area contributed by atoms with Gasteiger partial charge >= 0.3 is 0 Å². The second-order valence-corrected chi connectivity index (χ2v) is 10.6. The van der Waals surface area contributed by atoms with Crippen molar-refractivity contribution in [2.45, 2.75) is 58.5 Å². The fraction of sp³-hybridized carbons (Fsp3) is 0.458. The van der Waals surface area contributed by atoms with E-state index in [0.717, 1.165) is 11.8 Å². The van der Waals surface area contributed by atoms with Crippen LogP contribution in [0.3, 0.4) is 0 Å². The molecule has 7 heteroatoms. The van der Waals surface area contributed by atoms with Crippen LogP contribution in [0.1, 0.15) is 58.2 Å². The molecule has 0 aromatic heterocycles. The molecule has 0 saturated carbocycles. The maximum atomic E-state index is 13.1. The predicted molar refractivity (Wildman–Crippen MR) is 126 cm³/mol. The van der Waals surface area contributed by atoms with Crippen molar-refractivity contribution in [1.82, 2.24) is 5.32 Å². The molecule has 0 saturated heterocycles. The first kappa shape index (κ1) is 24.7. The second-order valence-electron chi connectivity index (χ2n) is 8.78. The van der Waals surface area contributed by atoms with Crippen LogP contribution in [-0.4, -0.2) is 33.7 Å². The minimum atomic E-state index is -3.68. The van der Waals surface area contributed by atoms with Gasteiger partial charge in [-0.05, 0) is 54.2 Å². The van der Waals surface area contributed by atoms with Crippen LogP contribution < -0.4 is 14.4 Å². The number of hydrogen-bond acceptors (Lipinski definition) is 4. The molecule has 0 bridgehead atoms. The molecule has 0 spiro atoms. The highest BCUT2D eigenvalue weighted by Crippen LogP contribution is 2.27. The standard InChI is InChI=1S/C24H34N2O4S/c1-8-22(26(31(7,28)29)20-13-15-21(30-6)16-14-20)23(27)25-17(2)18-9-11-19(12-10-18)24(3,4)5/h9-17,22H,8H2,1-7H3,(H,25,27)/t17-,22+/m1/s1. The number of anilines is 1. The van der Waals surface area contributed by atoms with E-state index in [1.165, 1.54) is 9.87 Å². The molecule has 0 unspecified atom stereocenters. The third kappa shape index (κ3) is 6.23. The van der Waals surface area contributed by atoms with Crippen LogP contribution >= 0.6 is 0 Å². The maximum absolute atomic E-state index is 13.1. The van der Waals surface area contributed by atoms with Gasteiger partial charge in [0.05, 0.1) is 25.1 Å². The third-order valence-corrected chi connectivity index (χ3v) is 6.47. The lowest BCUT2D eigenvalue weighted by Crippen LogP contribution is -2.49. The Balaban J connectivity index is 2.26. The fourth-order valence-corrected chi connectivity index (χ4v) is 4.67. The molecule has 0 radical (unpaired) electrons. The summed E-state index contributed by atoms with van der Waals surface area (Å²) in [7, 11) is -2.14. The van der Waals surface area contributed by atoms with Crippen LogP contribution in [0.2, 0.25) is 0 Å². The highest BCUT2D eigenvalue weighted by atomic mass is 32.2. The summed E-state index contributed by atoms with van der Waals surface area (Å²) in [6.45, 7) is 10.2. The first-order valence-corrected chi connectivity index (χ1v) is 12.3. The highest BCUT2D eigenvalue weighted by Gasteiger charge is 2.32. The molecule has 0 aliphatic carbocycles. The molecule has 0 heterocycles. The largest absolute Gasteiger partial charge is 0.497 e. The molecule has 0 aliphatic heterocycles. The fourth-order valence-electron chi connectivity index (χ4n) is 3.45. The van der Waals surface area contributed by atoms with Gasteiger partial charge in [0.2, 0.25) is 15.9 Å². The van der Waals surface area contributed by atoms with E-state index in [2.05, 4.69) is 38.2 Å². The molecule has 170 valence electrons. The molecule has 6 nitrogen and oxygen atoms in total. The average Bonchev–Trinajstić information content (AvgIpc) is 2.70. The molecule has 1 N–H and O–H groups in total. The Labute approximate surface area is 186 Å². The van der Waals surface area contributed by atoms with Crippen LogP contribution in [0, 0.1) is 0 Å². The molecule has 2 aromatic rings. The Hall–Kier alpha value is -2.54. The second kappa shape index (κ2) is 9.73. The first-order chi connectivity index (χ1) is 14.4. The van der Waals surface area contributed by atoms with E-state index in [0.29, 0.717) is 17.9 Å². The normalized spacial score (nSPS) is 13.9. The summed E-state index contributed by atoms with van der Waals surface area (Å²) in [5.74, 6) is 0.276. The number of carbonyl (C=O) groups is 1. The van der Waals surface area contributed by atoms with Crippen molar-refractivity contribution in [2.75, 3.05) is 17.7 Å². The van der Waals surface area contributed by atoms with Gasteiger partial charge in [-0.25, -0.2) is 8.42 Å². The van der Waals surface area contributed by atoms with E-state index in [1.54, 1.807) is 38.3 Å². The van der Waals surface area contributed by atoms with Crippen molar-refractivity contribution < 1.29 is 17.9 Å². The Morgan fingerprint density at radius 2 is 1.61 bits per heavy atom. The Morgan fingerprint density at radius 1 is 1.06 bits per heavy atom. The number of rotatable bonds is 8. The summed E-state index contributed by atoms with van der Waals surface area (Å²) in [6.07, 6.45) is 1.45. The quantitative estimate of drug-likeness (QED) is 0.651. The number of carbonyl (C=O) groups excluding carboxylic acids is 1. The number of benzene rings is 2. The summed E-state index contributed by atoms with van der Waals surface area (Å²) in [5.41, 5.74) is 2.65. The predicted octanol–water partition coefficient (Wildman–Crippen LogP) is 4.41. The first-order valence-electron chi connectivity index (χ1n) is 10.4. The van der Waals surface area contributed by atoms with Gasteiger partial charge in [-0.2, -0.15) is 0 Å². The lowest BCUT2D eigenvalue weighted by molar-refractivity contribution is -0.122. The summed E-state index contributed by atoms with van der Waals surface area (Å²) >= 11 is 0. The monoisotopic (exact) mass is 446 g/mol. The Bertz CT molecular complexity index is 978. The van der Waals surface area contributed by atoms with Crippen molar-refractivity contribution >= 4 is 21.6 Å². The van der Waals surface area contributed by atoms with Crippen molar-refractivity contribution in [3.63, 3.8) is 0 Å². The maximum Gasteiger partial charge on any atom is 0.244 e. The number of nitrogens with zero attached hydrogens (tertiary/aromatic N) is 1. The van der Waals surface area contributed by atoms with Gasteiger partial charge in [-0.1, -0.05) is 52.0 Å². The lowest BCUT2D eigenvalue weighted by Gasteiger charge is -2.31. The van der Waals surface area contributed by atoms with Crippen LogP contribution in [0.4, 0.5) is 5.69 Å². The highest BCUT2D eigenvalue weighted by molar-refractivity contribution is 7.92. The van der Waals surface area contributed by atoms with Gasteiger partial charge in [0.15, 0.2) is 0 Å². The van der Waals surface area contributed by atoms with Crippen molar-refractivity contribution in [1.29, 1.82) is 0 Å². The Morgan fingerprint density at radius 3 is 2.03 bits per heavy atom. The summed E-state index contributed by atoms with van der Waals surface area (Å²) in [6, 6.07) is 13.7. The lowest BCUT2D eigenvalue weighted by atomic mass is 9.86. The van der Waals surface area contributed by atoms with E-state index in [-0.39, 0.29) is 17.4 Å². The van der Waals surface area contributed by atoms with Gasteiger partial charge < -0.3 is 10.1 Å². The molecular formula is C24H34N2O4S. The number of amides is 1. The van der Waals surface area contributed by atoms with Crippen LogP contribution in [0.25, 0.3) is 0 Å². The number of sulfonamides is 1. The molecule has 1 amide bonds. The molecule has 0 aliphatic rings. The van der Waals surface area contributed by atoms with Gasteiger partial charge in [0.25, 0.3) is 0 Å². The number of hydrogen-bond donors (Lipinski definition) is 1. The van der Waals surface area contributed by atoms with Gasteiger partial charge in [-0.3, -0.25) is 9.10 Å². The summed E-state index contributed by atoms with van der Waals surface area (Å²) in [4.78, 5) is 13.1. The molecule has 2 atom stereocenters. The SMILES string of the molecule is CC[C@@H](C(=O)N[C@H](C)c1ccc(C(C)(C)C)cc1)N(c1ccc(OC)cc1)S(C)(=O)=O. The molecule has 2 aromatic carbocycles. The van der Waals surface area contributed by atoms with Gasteiger partial charge in [0.1, 0.15) is 11.8 Å². The Kier molecular flexibility index (Phi) is 7.76. The van der Waals surface area contributed by atoms with E-state index in [4.69, 9.17) is 4.74 Å². The van der Waals surface area contributed by atoms with E-state index < -0.39 is 16.1 Å². The molecule has 31 heavy (non-hydrogen) atoms. The van der Waals surface area contributed by atoms with Crippen LogP contribution in [0.15, 0.2) is 48.5 Å². The zero-order valence-electron chi connectivity index (χ0n) is 19.5. The zero-order chi connectivity index (χ0) is 23.4. The molecule has 2 rings (SSSR count). The van der Waals surface area contributed by atoms with E-state index >= 15 is 0 Å². The zero-order valence-corrected chi connectivity index (χ0v) is 20.3. The van der Waals surface area contributed by atoms with Gasteiger partial charge in [-0.15, -0.1) is 0 Å². The minimum absolute atomic E-state index is 0.0483. The van der Waals surface area contributed by atoms with Crippen LogP contribution in [0.5, 0.6) is 5.75 Å². The summed E-state index contributed by atoms with van der Waals surface area (Å²) < 4.78 is 31.5. The average molecular weight is 447 g/mol. The smallest absolute Gasteiger partial charge is 0.244 e. The third-order valence-electron chi connectivity index (χ3n) is 5.29. The topological polar surface area (TPSA) is 75.7 Å². The van der Waals surface area contributed by atoms with E-state index in [9.17, 15) is 13.2 Å². The van der Waals surface area contributed by atoms with E-state index in [1.807, 2.05) is 19.1 Å². The summed E-state index contributed by atoms with van der Waals surface area (Å²) in [5, 5.41) is 2.98. The van der Waals surface area contributed by atoms with Crippen LogP contribution in [-0.2, 0) is 20.2 Å². The van der Waals surface area contributed by atoms with Crippen molar-refractivity contribution in [3.05, 3.63) is 59.7 Å². The molecule has 0 fully saturated rings. The number of methoxy groups -OCH3 is 1. The number of nitrogens with one attached hydrogen (secondary N) is 1. The van der Waals surface area contributed by atoms with Gasteiger partial charge in [0, 0.05) is 0 Å². The van der Waals surface area contributed by atoms with Crippen molar-refractivity contribution in [2.24, 2.45) is 0 Å². The minimum Gasteiger partial charge on any atom is -0.497 e. The van der Waals surface area contributed by atoms with Crippen molar-refractivity contribution in [3.8, 4) is 5.75 Å².